The third-order valence-corrected chi connectivity index (χ3v) is 4.57. The van der Waals surface area contributed by atoms with Crippen LogP contribution in [0.15, 0.2) is 48.5 Å². The molecule has 4 nitrogen and oxygen atoms in total. The van der Waals surface area contributed by atoms with Gasteiger partial charge < -0.3 is 15.0 Å². The Morgan fingerprint density at radius 3 is 2.50 bits per heavy atom. The number of amides is 1. The summed E-state index contributed by atoms with van der Waals surface area (Å²) in [6, 6.07) is 16.1. The number of carbonyl (C=O) groups is 1. The van der Waals surface area contributed by atoms with Crippen molar-refractivity contribution in [2.75, 3.05) is 26.3 Å². The van der Waals surface area contributed by atoms with E-state index in [9.17, 15) is 4.79 Å². The summed E-state index contributed by atoms with van der Waals surface area (Å²) in [5.41, 5.74) is 4.33. The van der Waals surface area contributed by atoms with Crippen LogP contribution in [0, 0.1) is 6.92 Å². The number of ether oxygens (including phenoxy) is 1. The Labute approximate surface area is 143 Å². The van der Waals surface area contributed by atoms with E-state index in [4.69, 9.17) is 4.74 Å². The first-order valence-electron chi connectivity index (χ1n) is 8.55. The van der Waals surface area contributed by atoms with Gasteiger partial charge >= 0.3 is 0 Å². The summed E-state index contributed by atoms with van der Waals surface area (Å²) < 4.78 is 5.39. The molecule has 24 heavy (non-hydrogen) atoms. The van der Waals surface area contributed by atoms with E-state index in [1.54, 1.807) is 0 Å². The first-order chi connectivity index (χ1) is 11.7. The van der Waals surface area contributed by atoms with E-state index in [0.717, 1.165) is 38.4 Å². The van der Waals surface area contributed by atoms with Gasteiger partial charge in [0.15, 0.2) is 0 Å². The molecule has 0 atom stereocenters. The molecule has 0 unspecified atom stereocenters. The molecule has 4 heteroatoms. The lowest BCUT2D eigenvalue weighted by Gasteiger charge is -2.23. The highest BCUT2D eigenvalue weighted by molar-refractivity contribution is 5.94. The van der Waals surface area contributed by atoms with E-state index < -0.39 is 0 Å². The van der Waals surface area contributed by atoms with E-state index in [1.165, 1.54) is 16.0 Å². The zero-order valence-electron chi connectivity index (χ0n) is 14.2. The summed E-state index contributed by atoms with van der Waals surface area (Å²) in [5.74, 6) is -0.0245. The summed E-state index contributed by atoms with van der Waals surface area (Å²) in [6.45, 7) is 7.41. The van der Waals surface area contributed by atoms with Gasteiger partial charge in [-0.15, -0.1) is 0 Å². The molecule has 2 aromatic carbocycles. The molecule has 3 rings (SSSR count). The fourth-order valence-corrected chi connectivity index (χ4v) is 2.99. The maximum atomic E-state index is 12.3. The van der Waals surface area contributed by atoms with Crippen LogP contribution in [-0.4, -0.2) is 32.2 Å². The molecule has 0 saturated carbocycles. The van der Waals surface area contributed by atoms with Crippen LogP contribution in [0.5, 0.6) is 0 Å². The first-order valence-corrected chi connectivity index (χ1v) is 8.55. The molecule has 1 fully saturated rings. The number of nitrogens with one attached hydrogen (secondary N) is 2. The lowest BCUT2D eigenvalue weighted by Crippen LogP contribution is -3.12. The highest BCUT2D eigenvalue weighted by atomic mass is 16.5. The molecular formula is C20H25N2O2+. The zero-order chi connectivity index (χ0) is 16.8. The van der Waals surface area contributed by atoms with Crippen LogP contribution in [0.2, 0.25) is 0 Å². The maximum absolute atomic E-state index is 12.3. The molecule has 0 spiro atoms. The molecule has 0 radical (unpaired) electrons. The molecule has 1 aliphatic heterocycles. The third kappa shape index (κ3) is 4.43. The molecule has 1 aliphatic rings. The van der Waals surface area contributed by atoms with Gasteiger partial charge in [-0.05, 0) is 30.2 Å². The standard InChI is InChI=1S/C20H24N2O2/c1-16-4-2-3-5-19(16)14-21-20(23)18-8-6-17(7-9-18)15-22-10-12-24-13-11-22/h2-9H,10-15H2,1H3,(H,21,23)/p+1. The van der Waals surface area contributed by atoms with Crippen LogP contribution < -0.4 is 10.2 Å². The van der Waals surface area contributed by atoms with Crippen molar-refractivity contribution < 1.29 is 14.4 Å². The maximum Gasteiger partial charge on any atom is 0.251 e. The average molecular weight is 325 g/mol. The Balaban J connectivity index is 1.54. The Kier molecular flexibility index (Phi) is 5.62. The highest BCUT2D eigenvalue weighted by Gasteiger charge is 2.14. The summed E-state index contributed by atoms with van der Waals surface area (Å²) in [5, 5.41) is 3.00. The smallest absolute Gasteiger partial charge is 0.251 e. The van der Waals surface area contributed by atoms with Crippen molar-refractivity contribution in [2.24, 2.45) is 0 Å². The second kappa shape index (κ2) is 8.08. The zero-order valence-corrected chi connectivity index (χ0v) is 14.2. The van der Waals surface area contributed by atoms with Gasteiger partial charge in [0.25, 0.3) is 5.91 Å². The summed E-state index contributed by atoms with van der Waals surface area (Å²) in [7, 11) is 0. The first kappa shape index (κ1) is 16.7. The van der Waals surface area contributed by atoms with Crippen LogP contribution in [0.3, 0.4) is 0 Å². The summed E-state index contributed by atoms with van der Waals surface area (Å²) >= 11 is 0. The van der Waals surface area contributed by atoms with Gasteiger partial charge in [-0.3, -0.25) is 4.79 Å². The van der Waals surface area contributed by atoms with Crippen LogP contribution in [0.1, 0.15) is 27.0 Å². The van der Waals surface area contributed by atoms with Gasteiger partial charge in [0.05, 0.1) is 13.2 Å². The van der Waals surface area contributed by atoms with Crippen LogP contribution in [-0.2, 0) is 17.8 Å². The number of morpholine rings is 1. The lowest BCUT2D eigenvalue weighted by atomic mass is 10.1. The minimum atomic E-state index is -0.0245. The number of hydrogen-bond acceptors (Lipinski definition) is 2. The normalized spacial score (nSPS) is 15.2. The van der Waals surface area contributed by atoms with E-state index in [2.05, 4.69) is 30.4 Å². The van der Waals surface area contributed by atoms with Gasteiger partial charge in [-0.2, -0.15) is 0 Å². The fraction of sp³-hybridized carbons (Fsp3) is 0.350. The summed E-state index contributed by atoms with van der Waals surface area (Å²) in [6.07, 6.45) is 0. The van der Waals surface area contributed by atoms with Crippen molar-refractivity contribution in [3.8, 4) is 0 Å². The Hall–Kier alpha value is -2.17. The van der Waals surface area contributed by atoms with E-state index in [-0.39, 0.29) is 5.91 Å². The average Bonchev–Trinajstić information content (AvgIpc) is 2.62. The number of benzene rings is 2. The second-order valence-electron chi connectivity index (χ2n) is 6.35. The van der Waals surface area contributed by atoms with Gasteiger partial charge in [-0.1, -0.05) is 36.4 Å². The van der Waals surface area contributed by atoms with Crippen molar-refractivity contribution >= 4 is 5.91 Å². The highest BCUT2D eigenvalue weighted by Crippen LogP contribution is 2.08. The Morgan fingerprint density at radius 1 is 1.08 bits per heavy atom. The van der Waals surface area contributed by atoms with E-state index in [0.29, 0.717) is 12.1 Å². The molecule has 0 aromatic heterocycles. The molecule has 0 aliphatic carbocycles. The van der Waals surface area contributed by atoms with Crippen molar-refractivity contribution in [1.29, 1.82) is 0 Å². The molecule has 2 aromatic rings. The van der Waals surface area contributed by atoms with Gasteiger partial charge in [0, 0.05) is 17.7 Å². The van der Waals surface area contributed by atoms with E-state index in [1.807, 2.05) is 30.3 Å². The van der Waals surface area contributed by atoms with Crippen LogP contribution in [0.25, 0.3) is 0 Å². The van der Waals surface area contributed by atoms with E-state index >= 15 is 0 Å². The quantitative estimate of drug-likeness (QED) is 0.871. The fourth-order valence-electron chi connectivity index (χ4n) is 2.99. The minimum Gasteiger partial charge on any atom is -0.370 e. The van der Waals surface area contributed by atoms with Gasteiger partial charge in [0.2, 0.25) is 0 Å². The number of aryl methyl sites for hydroxylation is 1. The van der Waals surface area contributed by atoms with Crippen molar-refractivity contribution in [2.45, 2.75) is 20.0 Å². The second-order valence-corrected chi connectivity index (χ2v) is 6.35. The topological polar surface area (TPSA) is 42.8 Å². The number of carbonyl (C=O) groups excluding carboxylic acids is 1. The van der Waals surface area contributed by atoms with Crippen LogP contribution in [0.4, 0.5) is 0 Å². The number of rotatable bonds is 5. The largest absolute Gasteiger partial charge is 0.370 e. The molecule has 1 saturated heterocycles. The molecular weight excluding hydrogens is 300 g/mol. The third-order valence-electron chi connectivity index (χ3n) is 4.57. The molecule has 0 bridgehead atoms. The number of hydrogen-bond donors (Lipinski definition) is 2. The molecule has 1 heterocycles. The van der Waals surface area contributed by atoms with Gasteiger partial charge in [-0.25, -0.2) is 0 Å². The molecule has 126 valence electrons. The Bertz CT molecular complexity index is 676. The predicted molar refractivity (Wildman–Crippen MR) is 94.0 cm³/mol. The summed E-state index contributed by atoms with van der Waals surface area (Å²) in [4.78, 5) is 13.8. The molecule has 2 N–H and O–H groups in total. The minimum absolute atomic E-state index is 0.0245. The van der Waals surface area contributed by atoms with Crippen molar-refractivity contribution in [3.05, 3.63) is 70.8 Å². The van der Waals surface area contributed by atoms with Gasteiger partial charge in [0.1, 0.15) is 19.6 Å². The number of quaternary nitrogens is 1. The SMILES string of the molecule is Cc1ccccc1CNC(=O)c1ccc(C[NH+]2CCOCC2)cc1. The van der Waals surface area contributed by atoms with Crippen molar-refractivity contribution in [3.63, 3.8) is 0 Å². The Morgan fingerprint density at radius 2 is 1.79 bits per heavy atom. The molecule has 1 amide bonds. The predicted octanol–water partition coefficient (Wildman–Crippen LogP) is 1.34. The monoisotopic (exact) mass is 325 g/mol. The van der Waals surface area contributed by atoms with Crippen LogP contribution >= 0.6 is 0 Å². The lowest BCUT2D eigenvalue weighted by molar-refractivity contribution is -0.921. The van der Waals surface area contributed by atoms with Crippen molar-refractivity contribution in [1.82, 2.24) is 5.32 Å².